The van der Waals surface area contributed by atoms with Crippen LogP contribution in [-0.2, 0) is 11.2 Å². The fourth-order valence-corrected chi connectivity index (χ4v) is 2.96. The Balaban J connectivity index is 1.68. The summed E-state index contributed by atoms with van der Waals surface area (Å²) < 4.78 is 16.6. The lowest BCUT2D eigenvalue weighted by Crippen LogP contribution is -2.37. The average molecular weight is 379 g/mol. The van der Waals surface area contributed by atoms with Crippen LogP contribution in [0, 0.1) is 0 Å². The molecule has 2 rings (SSSR count). The third-order valence-electron chi connectivity index (χ3n) is 4.35. The first-order valence-corrected chi connectivity index (χ1v) is 9.95. The molecule has 7 heteroatoms. The van der Waals surface area contributed by atoms with Crippen molar-refractivity contribution in [2.24, 2.45) is 10.7 Å². The van der Waals surface area contributed by atoms with Gasteiger partial charge in [0.15, 0.2) is 17.5 Å². The summed E-state index contributed by atoms with van der Waals surface area (Å²) in [4.78, 5) is 6.81. The predicted octanol–water partition coefficient (Wildman–Crippen LogP) is 1.65. The summed E-state index contributed by atoms with van der Waals surface area (Å²) in [7, 11) is 0. The molecule has 3 N–H and O–H groups in total. The van der Waals surface area contributed by atoms with Gasteiger partial charge < -0.3 is 25.3 Å². The number of hydrogen-bond donors (Lipinski definition) is 2. The van der Waals surface area contributed by atoms with Crippen molar-refractivity contribution in [2.45, 2.75) is 26.7 Å². The molecule has 0 unspecified atom stereocenters. The highest BCUT2D eigenvalue weighted by Gasteiger charge is 2.09. The van der Waals surface area contributed by atoms with E-state index in [1.807, 2.05) is 26.0 Å². The van der Waals surface area contributed by atoms with Crippen LogP contribution in [0.3, 0.4) is 0 Å². The van der Waals surface area contributed by atoms with Crippen molar-refractivity contribution in [3.8, 4) is 11.5 Å². The number of aliphatic imine (C=N–C) groups is 1. The molecule has 152 valence electrons. The molecule has 1 aliphatic heterocycles. The molecule has 7 nitrogen and oxygen atoms in total. The van der Waals surface area contributed by atoms with Gasteiger partial charge >= 0.3 is 0 Å². The number of nitrogens with one attached hydrogen (secondary N) is 1. The molecular weight excluding hydrogens is 344 g/mol. The van der Waals surface area contributed by atoms with Crippen LogP contribution in [0.5, 0.6) is 11.5 Å². The summed E-state index contributed by atoms with van der Waals surface area (Å²) >= 11 is 0. The topological polar surface area (TPSA) is 81.3 Å². The highest BCUT2D eigenvalue weighted by Crippen LogP contribution is 2.28. The van der Waals surface area contributed by atoms with Gasteiger partial charge in [-0.3, -0.25) is 9.89 Å². The number of ether oxygens (including phenoxy) is 3. The monoisotopic (exact) mass is 378 g/mol. The molecule has 0 atom stereocenters. The number of hydrogen-bond acceptors (Lipinski definition) is 5. The van der Waals surface area contributed by atoms with Gasteiger partial charge in [0, 0.05) is 32.7 Å². The second-order valence-electron chi connectivity index (χ2n) is 6.40. The Morgan fingerprint density at radius 1 is 1.19 bits per heavy atom. The Kier molecular flexibility index (Phi) is 9.79. The van der Waals surface area contributed by atoms with Gasteiger partial charge in [0.05, 0.1) is 26.4 Å². The van der Waals surface area contributed by atoms with Crippen LogP contribution in [-0.4, -0.2) is 70.0 Å². The second-order valence-corrected chi connectivity index (χ2v) is 6.40. The average Bonchev–Trinajstić information content (AvgIpc) is 2.68. The van der Waals surface area contributed by atoms with Crippen LogP contribution in [0.2, 0.25) is 0 Å². The van der Waals surface area contributed by atoms with Crippen molar-refractivity contribution in [3.63, 3.8) is 0 Å². The van der Waals surface area contributed by atoms with Crippen molar-refractivity contribution in [2.75, 3.05) is 59.2 Å². The highest BCUT2D eigenvalue weighted by molar-refractivity contribution is 5.77. The van der Waals surface area contributed by atoms with E-state index in [9.17, 15) is 0 Å². The van der Waals surface area contributed by atoms with Gasteiger partial charge in [-0.2, -0.15) is 0 Å². The van der Waals surface area contributed by atoms with Gasteiger partial charge in [0.1, 0.15) is 0 Å². The smallest absolute Gasteiger partial charge is 0.188 e. The maximum Gasteiger partial charge on any atom is 0.188 e. The first-order valence-electron chi connectivity index (χ1n) is 9.95. The fraction of sp³-hybridized carbons (Fsp3) is 0.650. The van der Waals surface area contributed by atoms with Crippen molar-refractivity contribution >= 4 is 5.96 Å². The second kappa shape index (κ2) is 12.4. The minimum absolute atomic E-state index is 0.507. The van der Waals surface area contributed by atoms with Gasteiger partial charge in [-0.25, -0.2) is 0 Å². The molecule has 0 spiro atoms. The molecule has 1 heterocycles. The van der Waals surface area contributed by atoms with E-state index in [2.05, 4.69) is 21.3 Å². The number of rotatable bonds is 11. The SMILES string of the molecule is CCOc1ccc(CCNC(N)=NCCCN2CCOCC2)cc1OCC. The normalized spacial score (nSPS) is 15.6. The first kappa shape index (κ1) is 21.3. The van der Waals surface area contributed by atoms with Crippen LogP contribution < -0.4 is 20.5 Å². The Bertz CT molecular complexity index is 574. The number of morpholine rings is 1. The van der Waals surface area contributed by atoms with Crippen LogP contribution in [0.25, 0.3) is 0 Å². The van der Waals surface area contributed by atoms with E-state index in [1.165, 1.54) is 5.56 Å². The fourth-order valence-electron chi connectivity index (χ4n) is 2.96. The predicted molar refractivity (Wildman–Crippen MR) is 109 cm³/mol. The molecule has 0 aromatic heterocycles. The molecule has 0 bridgehead atoms. The zero-order valence-corrected chi connectivity index (χ0v) is 16.7. The third kappa shape index (κ3) is 8.05. The summed E-state index contributed by atoms with van der Waals surface area (Å²) in [5, 5.41) is 3.18. The van der Waals surface area contributed by atoms with Crippen LogP contribution in [0.1, 0.15) is 25.8 Å². The maximum absolute atomic E-state index is 5.96. The van der Waals surface area contributed by atoms with Crippen molar-refractivity contribution < 1.29 is 14.2 Å². The standard InChI is InChI=1S/C20H34N4O3/c1-3-26-18-7-6-17(16-19(18)27-4-2)8-10-23-20(21)22-9-5-11-24-12-14-25-15-13-24/h6-7,16H,3-5,8-15H2,1-2H3,(H3,21,22,23). The summed E-state index contributed by atoms with van der Waals surface area (Å²) in [6.07, 6.45) is 1.86. The maximum atomic E-state index is 5.96. The van der Waals surface area contributed by atoms with E-state index in [1.54, 1.807) is 0 Å². The largest absolute Gasteiger partial charge is 0.490 e. The molecule has 1 aromatic carbocycles. The molecule has 27 heavy (non-hydrogen) atoms. The minimum atomic E-state index is 0.507. The summed E-state index contributed by atoms with van der Waals surface area (Å²) in [5.74, 6) is 2.09. The van der Waals surface area contributed by atoms with Gasteiger partial charge in [0.2, 0.25) is 0 Å². The zero-order chi connectivity index (χ0) is 19.3. The molecule has 1 saturated heterocycles. The van der Waals surface area contributed by atoms with E-state index in [0.717, 1.165) is 70.3 Å². The molecule has 0 radical (unpaired) electrons. The number of benzene rings is 1. The Morgan fingerprint density at radius 2 is 1.93 bits per heavy atom. The first-order chi connectivity index (χ1) is 13.2. The number of nitrogens with zero attached hydrogens (tertiary/aromatic N) is 2. The quantitative estimate of drug-likeness (QED) is 0.346. The van der Waals surface area contributed by atoms with Gasteiger partial charge in [-0.05, 0) is 44.4 Å². The summed E-state index contributed by atoms with van der Waals surface area (Å²) in [5.41, 5.74) is 7.13. The Morgan fingerprint density at radius 3 is 2.67 bits per heavy atom. The van der Waals surface area contributed by atoms with E-state index < -0.39 is 0 Å². The molecular formula is C20H34N4O3. The number of guanidine groups is 1. The number of nitrogens with two attached hydrogens (primary N) is 1. The molecule has 1 fully saturated rings. The van der Waals surface area contributed by atoms with Gasteiger partial charge in [-0.1, -0.05) is 6.07 Å². The molecule has 1 aliphatic rings. The summed E-state index contributed by atoms with van der Waals surface area (Å²) in [6, 6.07) is 6.06. The lowest BCUT2D eigenvalue weighted by Gasteiger charge is -2.26. The van der Waals surface area contributed by atoms with E-state index in [0.29, 0.717) is 19.2 Å². The van der Waals surface area contributed by atoms with E-state index in [-0.39, 0.29) is 0 Å². The van der Waals surface area contributed by atoms with Crippen molar-refractivity contribution in [1.29, 1.82) is 0 Å². The van der Waals surface area contributed by atoms with Gasteiger partial charge in [-0.15, -0.1) is 0 Å². The molecule has 0 saturated carbocycles. The Labute approximate surface area is 162 Å². The molecule has 1 aromatic rings. The molecule has 0 aliphatic carbocycles. The molecule has 0 amide bonds. The third-order valence-corrected chi connectivity index (χ3v) is 4.35. The Hall–Kier alpha value is -1.99. The van der Waals surface area contributed by atoms with Crippen molar-refractivity contribution in [3.05, 3.63) is 23.8 Å². The van der Waals surface area contributed by atoms with E-state index in [4.69, 9.17) is 19.9 Å². The van der Waals surface area contributed by atoms with Gasteiger partial charge in [0.25, 0.3) is 0 Å². The summed E-state index contributed by atoms with van der Waals surface area (Å²) in [6.45, 7) is 11.4. The zero-order valence-electron chi connectivity index (χ0n) is 16.7. The lowest BCUT2D eigenvalue weighted by molar-refractivity contribution is 0.0377. The van der Waals surface area contributed by atoms with E-state index >= 15 is 0 Å². The van der Waals surface area contributed by atoms with Crippen LogP contribution in [0.15, 0.2) is 23.2 Å². The lowest BCUT2D eigenvalue weighted by atomic mass is 10.1. The highest BCUT2D eigenvalue weighted by atomic mass is 16.5. The van der Waals surface area contributed by atoms with Crippen LogP contribution >= 0.6 is 0 Å². The van der Waals surface area contributed by atoms with Crippen LogP contribution in [0.4, 0.5) is 0 Å². The minimum Gasteiger partial charge on any atom is -0.490 e. The van der Waals surface area contributed by atoms with Crippen molar-refractivity contribution in [1.82, 2.24) is 10.2 Å².